The Hall–Kier alpha value is -0.830. The van der Waals surface area contributed by atoms with E-state index in [4.69, 9.17) is 0 Å². The first-order chi connectivity index (χ1) is 6.49. The molecule has 0 aliphatic rings. The second-order valence-electron chi connectivity index (χ2n) is 4.73. The minimum absolute atomic E-state index is 0.221. The van der Waals surface area contributed by atoms with E-state index in [2.05, 4.69) is 38.1 Å². The van der Waals surface area contributed by atoms with Crippen molar-refractivity contribution in [3.63, 3.8) is 0 Å². The number of aryl methyl sites for hydroxylation is 2. The lowest BCUT2D eigenvalue weighted by molar-refractivity contribution is 0.408. The summed E-state index contributed by atoms with van der Waals surface area (Å²) in [5.74, 6) is 0. The summed E-state index contributed by atoms with van der Waals surface area (Å²) in [7, 11) is 0. The van der Waals surface area contributed by atoms with E-state index >= 15 is 0 Å². The van der Waals surface area contributed by atoms with Crippen LogP contribution in [0.1, 0.15) is 32.9 Å². The molecule has 1 rings (SSSR count). The molecule has 1 N–H and O–H groups in total. The van der Waals surface area contributed by atoms with Gasteiger partial charge in [-0.1, -0.05) is 0 Å². The van der Waals surface area contributed by atoms with Crippen molar-refractivity contribution in [3.8, 4) is 0 Å². The van der Waals surface area contributed by atoms with Crippen LogP contribution < -0.4 is 5.32 Å². The van der Waals surface area contributed by atoms with Gasteiger partial charge in [0.25, 0.3) is 0 Å². The molecule has 0 aromatic carbocycles. The highest BCUT2D eigenvalue weighted by Gasteiger charge is 2.07. The molecular formula is C11H21N3. The van der Waals surface area contributed by atoms with Crippen LogP contribution in [0.4, 0.5) is 0 Å². The summed E-state index contributed by atoms with van der Waals surface area (Å²) < 4.78 is 2.05. The van der Waals surface area contributed by atoms with Crippen LogP contribution in [0, 0.1) is 6.92 Å². The zero-order valence-electron chi connectivity index (χ0n) is 9.67. The van der Waals surface area contributed by atoms with Gasteiger partial charge in [-0.25, -0.2) is 0 Å². The van der Waals surface area contributed by atoms with Crippen LogP contribution in [-0.2, 0) is 6.54 Å². The molecule has 0 aliphatic heterocycles. The van der Waals surface area contributed by atoms with Gasteiger partial charge in [-0.15, -0.1) is 0 Å². The maximum atomic E-state index is 4.24. The summed E-state index contributed by atoms with van der Waals surface area (Å²) in [6.45, 7) is 10.7. The molecule has 1 aromatic rings. The van der Waals surface area contributed by atoms with E-state index in [0.29, 0.717) is 0 Å². The molecule has 0 fully saturated rings. The number of nitrogens with one attached hydrogen (secondary N) is 1. The van der Waals surface area contributed by atoms with Crippen molar-refractivity contribution in [2.75, 3.05) is 6.54 Å². The van der Waals surface area contributed by atoms with Gasteiger partial charge >= 0.3 is 0 Å². The van der Waals surface area contributed by atoms with Gasteiger partial charge in [0, 0.05) is 24.0 Å². The number of hydrogen-bond acceptors (Lipinski definition) is 2. The van der Waals surface area contributed by atoms with Gasteiger partial charge < -0.3 is 5.32 Å². The second kappa shape index (κ2) is 4.60. The zero-order chi connectivity index (χ0) is 10.6. The monoisotopic (exact) mass is 195 g/mol. The predicted molar refractivity (Wildman–Crippen MR) is 59.3 cm³/mol. The lowest BCUT2D eigenvalue weighted by Crippen LogP contribution is -2.36. The molecular weight excluding hydrogens is 174 g/mol. The molecule has 0 unspecified atom stereocenters. The third-order valence-electron chi connectivity index (χ3n) is 2.13. The van der Waals surface area contributed by atoms with Crippen molar-refractivity contribution in [2.24, 2.45) is 0 Å². The minimum atomic E-state index is 0.221. The first kappa shape index (κ1) is 11.2. The van der Waals surface area contributed by atoms with Gasteiger partial charge in [-0.05, 0) is 46.7 Å². The van der Waals surface area contributed by atoms with Gasteiger partial charge in [0.05, 0.1) is 0 Å². The van der Waals surface area contributed by atoms with Gasteiger partial charge in [0.2, 0.25) is 0 Å². The van der Waals surface area contributed by atoms with Crippen molar-refractivity contribution in [2.45, 2.75) is 46.2 Å². The molecule has 80 valence electrons. The SMILES string of the molecule is Cc1ccnn1CCCNC(C)(C)C. The largest absolute Gasteiger partial charge is 0.312 e. The maximum absolute atomic E-state index is 4.24. The summed E-state index contributed by atoms with van der Waals surface area (Å²) in [4.78, 5) is 0. The molecule has 0 atom stereocenters. The second-order valence-corrected chi connectivity index (χ2v) is 4.73. The molecule has 1 aromatic heterocycles. The van der Waals surface area contributed by atoms with Crippen molar-refractivity contribution < 1.29 is 0 Å². The van der Waals surface area contributed by atoms with Crippen LogP contribution in [-0.4, -0.2) is 21.9 Å². The van der Waals surface area contributed by atoms with E-state index in [1.807, 2.05) is 16.9 Å². The summed E-state index contributed by atoms with van der Waals surface area (Å²) in [5.41, 5.74) is 1.46. The van der Waals surface area contributed by atoms with E-state index < -0.39 is 0 Å². The Morgan fingerprint density at radius 3 is 2.64 bits per heavy atom. The molecule has 0 radical (unpaired) electrons. The van der Waals surface area contributed by atoms with Crippen molar-refractivity contribution in [1.82, 2.24) is 15.1 Å². The molecule has 0 aliphatic carbocycles. The minimum Gasteiger partial charge on any atom is -0.312 e. The average molecular weight is 195 g/mol. The normalized spacial score (nSPS) is 12.0. The zero-order valence-corrected chi connectivity index (χ0v) is 9.67. The Balaban J connectivity index is 2.20. The molecule has 1 heterocycles. The van der Waals surface area contributed by atoms with Gasteiger partial charge in [0.15, 0.2) is 0 Å². The average Bonchev–Trinajstić information content (AvgIpc) is 2.44. The topological polar surface area (TPSA) is 29.9 Å². The lowest BCUT2D eigenvalue weighted by atomic mass is 10.1. The quantitative estimate of drug-likeness (QED) is 0.744. The van der Waals surface area contributed by atoms with Crippen LogP contribution >= 0.6 is 0 Å². The fourth-order valence-corrected chi connectivity index (χ4v) is 1.33. The lowest BCUT2D eigenvalue weighted by Gasteiger charge is -2.20. The standard InChI is InChI=1S/C11H21N3/c1-10-6-8-13-14(10)9-5-7-12-11(2,3)4/h6,8,12H,5,7,9H2,1-4H3. The van der Waals surface area contributed by atoms with Crippen LogP contribution in [0.3, 0.4) is 0 Å². The number of nitrogens with zero attached hydrogens (tertiary/aromatic N) is 2. The van der Waals surface area contributed by atoms with E-state index in [9.17, 15) is 0 Å². The van der Waals surface area contributed by atoms with Crippen LogP contribution in [0.2, 0.25) is 0 Å². The number of hydrogen-bond donors (Lipinski definition) is 1. The Morgan fingerprint density at radius 2 is 2.14 bits per heavy atom. The molecule has 0 amide bonds. The third kappa shape index (κ3) is 3.92. The van der Waals surface area contributed by atoms with E-state index in [1.54, 1.807) is 0 Å². The molecule has 3 heteroatoms. The maximum Gasteiger partial charge on any atom is 0.0492 e. The van der Waals surface area contributed by atoms with Crippen molar-refractivity contribution >= 4 is 0 Å². The first-order valence-electron chi connectivity index (χ1n) is 5.22. The fraction of sp³-hybridized carbons (Fsp3) is 0.727. The highest BCUT2D eigenvalue weighted by molar-refractivity contribution is 4.96. The number of rotatable bonds is 4. The van der Waals surface area contributed by atoms with Gasteiger partial charge in [0.1, 0.15) is 0 Å². The van der Waals surface area contributed by atoms with Crippen molar-refractivity contribution in [1.29, 1.82) is 0 Å². The highest BCUT2D eigenvalue weighted by atomic mass is 15.3. The summed E-state index contributed by atoms with van der Waals surface area (Å²) in [6, 6.07) is 2.04. The fourth-order valence-electron chi connectivity index (χ4n) is 1.33. The van der Waals surface area contributed by atoms with Crippen LogP contribution in [0.25, 0.3) is 0 Å². The Kier molecular flexibility index (Phi) is 3.69. The molecule has 0 saturated heterocycles. The molecule has 0 spiro atoms. The highest BCUT2D eigenvalue weighted by Crippen LogP contribution is 2.00. The molecule has 0 saturated carbocycles. The van der Waals surface area contributed by atoms with Crippen molar-refractivity contribution in [3.05, 3.63) is 18.0 Å². The summed E-state index contributed by atoms with van der Waals surface area (Å²) in [6.07, 6.45) is 2.98. The van der Waals surface area contributed by atoms with E-state index in [0.717, 1.165) is 19.5 Å². The van der Waals surface area contributed by atoms with Crippen LogP contribution in [0.15, 0.2) is 12.3 Å². The Labute approximate surface area is 86.5 Å². The van der Waals surface area contributed by atoms with E-state index in [1.165, 1.54) is 5.69 Å². The molecule has 3 nitrogen and oxygen atoms in total. The van der Waals surface area contributed by atoms with Gasteiger partial charge in [-0.3, -0.25) is 4.68 Å². The molecule has 0 bridgehead atoms. The number of aromatic nitrogens is 2. The smallest absolute Gasteiger partial charge is 0.0492 e. The predicted octanol–water partition coefficient (Wildman–Crippen LogP) is 1.97. The van der Waals surface area contributed by atoms with Gasteiger partial charge in [-0.2, -0.15) is 5.10 Å². The Bertz CT molecular complexity index is 270. The summed E-state index contributed by atoms with van der Waals surface area (Å²) >= 11 is 0. The van der Waals surface area contributed by atoms with E-state index in [-0.39, 0.29) is 5.54 Å². The Morgan fingerprint density at radius 1 is 1.43 bits per heavy atom. The third-order valence-corrected chi connectivity index (χ3v) is 2.13. The summed E-state index contributed by atoms with van der Waals surface area (Å²) in [5, 5.41) is 7.70. The molecule has 14 heavy (non-hydrogen) atoms. The first-order valence-corrected chi connectivity index (χ1v) is 5.22. The van der Waals surface area contributed by atoms with Crippen LogP contribution in [0.5, 0.6) is 0 Å².